The third kappa shape index (κ3) is 3.12. The van der Waals surface area contributed by atoms with E-state index in [2.05, 4.69) is 22.2 Å². The number of aromatic nitrogens is 1. The zero-order chi connectivity index (χ0) is 19.1. The molecule has 0 fully saturated rings. The molecular weight excluding hydrogens is 361 g/mol. The first-order valence-corrected chi connectivity index (χ1v) is 9.43. The van der Waals surface area contributed by atoms with E-state index in [0.29, 0.717) is 5.39 Å². The smallest absolute Gasteiger partial charge is 0.204 e. The SMILES string of the molecule is CC#CCC(c1noc2cc(F)c(N)cc12)S(=O)(=O)C1=NOC(C)(C)C1. The van der Waals surface area contributed by atoms with Crippen LogP contribution in [-0.2, 0) is 14.7 Å². The quantitative estimate of drug-likeness (QED) is 0.649. The normalized spacial score (nSPS) is 17.3. The lowest BCUT2D eigenvalue weighted by Crippen LogP contribution is -2.26. The Balaban J connectivity index is 2.12. The lowest BCUT2D eigenvalue weighted by molar-refractivity contribution is 0.0123. The molecule has 0 amide bonds. The van der Waals surface area contributed by atoms with Crippen molar-refractivity contribution in [3.05, 3.63) is 23.6 Å². The Labute approximate surface area is 150 Å². The lowest BCUT2D eigenvalue weighted by atomic mass is 10.1. The van der Waals surface area contributed by atoms with Crippen LogP contribution in [0.15, 0.2) is 21.8 Å². The molecule has 26 heavy (non-hydrogen) atoms. The molecule has 1 unspecified atom stereocenters. The van der Waals surface area contributed by atoms with Crippen molar-refractivity contribution in [1.29, 1.82) is 0 Å². The Morgan fingerprint density at radius 3 is 2.77 bits per heavy atom. The molecule has 1 aromatic carbocycles. The molecule has 138 valence electrons. The van der Waals surface area contributed by atoms with Crippen LogP contribution < -0.4 is 5.73 Å². The average molecular weight is 379 g/mol. The molecule has 7 nitrogen and oxygen atoms in total. The lowest BCUT2D eigenvalue weighted by Gasteiger charge is -2.15. The number of anilines is 1. The van der Waals surface area contributed by atoms with Gasteiger partial charge in [0.1, 0.15) is 22.4 Å². The van der Waals surface area contributed by atoms with Gasteiger partial charge in [0.25, 0.3) is 0 Å². The summed E-state index contributed by atoms with van der Waals surface area (Å²) in [5.41, 5.74) is 5.03. The van der Waals surface area contributed by atoms with Crippen molar-refractivity contribution in [2.45, 2.75) is 44.5 Å². The maximum Gasteiger partial charge on any atom is 0.204 e. The van der Waals surface area contributed by atoms with Gasteiger partial charge in [-0.05, 0) is 26.8 Å². The predicted octanol–water partition coefficient (Wildman–Crippen LogP) is 2.93. The summed E-state index contributed by atoms with van der Waals surface area (Å²) in [4.78, 5) is 5.19. The monoisotopic (exact) mass is 379 g/mol. The topological polar surface area (TPSA) is 108 Å². The summed E-state index contributed by atoms with van der Waals surface area (Å²) in [6.07, 6.45) is 0.120. The number of benzene rings is 1. The van der Waals surface area contributed by atoms with Gasteiger partial charge in [-0.3, -0.25) is 0 Å². The third-order valence-electron chi connectivity index (χ3n) is 4.06. The minimum atomic E-state index is -3.92. The van der Waals surface area contributed by atoms with Gasteiger partial charge in [-0.2, -0.15) is 0 Å². The van der Waals surface area contributed by atoms with Gasteiger partial charge in [0.05, 0.1) is 5.69 Å². The Bertz CT molecular complexity index is 1060. The number of nitrogens with two attached hydrogens (primary N) is 1. The summed E-state index contributed by atoms with van der Waals surface area (Å²) in [6, 6.07) is 2.39. The predicted molar refractivity (Wildman–Crippen MR) is 95.3 cm³/mol. The number of nitrogen functional groups attached to an aromatic ring is 1. The summed E-state index contributed by atoms with van der Waals surface area (Å²) in [5.74, 6) is 4.78. The summed E-state index contributed by atoms with van der Waals surface area (Å²) in [6.45, 7) is 5.10. The molecule has 2 aromatic rings. The van der Waals surface area contributed by atoms with Crippen LogP contribution in [-0.4, -0.2) is 24.2 Å². The zero-order valence-electron chi connectivity index (χ0n) is 14.5. The van der Waals surface area contributed by atoms with Crippen LogP contribution in [0, 0.1) is 17.7 Å². The van der Waals surface area contributed by atoms with Crippen molar-refractivity contribution in [2.24, 2.45) is 5.16 Å². The van der Waals surface area contributed by atoms with Gasteiger partial charge in [0.2, 0.25) is 9.84 Å². The molecule has 0 bridgehead atoms. The second-order valence-corrected chi connectivity index (χ2v) is 8.75. The number of oxime groups is 1. The van der Waals surface area contributed by atoms with Crippen LogP contribution in [0.4, 0.5) is 10.1 Å². The van der Waals surface area contributed by atoms with Crippen molar-refractivity contribution in [2.75, 3.05) is 5.73 Å². The molecule has 1 aromatic heterocycles. The number of hydrogen-bond acceptors (Lipinski definition) is 7. The second-order valence-electron chi connectivity index (χ2n) is 6.62. The van der Waals surface area contributed by atoms with Crippen molar-refractivity contribution in [3.63, 3.8) is 0 Å². The minimum Gasteiger partial charge on any atom is -0.396 e. The van der Waals surface area contributed by atoms with E-state index < -0.39 is 26.5 Å². The van der Waals surface area contributed by atoms with Crippen LogP contribution in [0.3, 0.4) is 0 Å². The summed E-state index contributed by atoms with van der Waals surface area (Å²) in [5, 5.41) is 6.74. The molecule has 1 aliphatic heterocycles. The van der Waals surface area contributed by atoms with E-state index in [1.165, 1.54) is 6.07 Å². The first-order valence-electron chi connectivity index (χ1n) is 7.88. The van der Waals surface area contributed by atoms with Crippen molar-refractivity contribution in [3.8, 4) is 11.8 Å². The first kappa shape index (κ1) is 18.2. The molecule has 9 heteroatoms. The molecule has 2 heterocycles. The van der Waals surface area contributed by atoms with Crippen molar-refractivity contribution in [1.82, 2.24) is 5.16 Å². The Morgan fingerprint density at radius 1 is 1.42 bits per heavy atom. The average Bonchev–Trinajstić information content (AvgIpc) is 3.12. The van der Waals surface area contributed by atoms with E-state index in [1.54, 1.807) is 20.8 Å². The van der Waals surface area contributed by atoms with E-state index in [4.69, 9.17) is 15.1 Å². The van der Waals surface area contributed by atoms with Gasteiger partial charge in [0.15, 0.2) is 10.6 Å². The number of hydrogen-bond donors (Lipinski definition) is 1. The first-order chi connectivity index (χ1) is 12.2. The number of rotatable bonds is 3. The Kier molecular flexibility index (Phi) is 4.40. The van der Waals surface area contributed by atoms with Gasteiger partial charge in [-0.15, -0.1) is 11.8 Å². The fraction of sp³-hybridized carbons (Fsp3) is 0.412. The molecule has 3 rings (SSSR count). The summed E-state index contributed by atoms with van der Waals surface area (Å²) >= 11 is 0. The van der Waals surface area contributed by atoms with Crippen LogP contribution in [0.25, 0.3) is 11.0 Å². The van der Waals surface area contributed by atoms with Crippen LogP contribution in [0.2, 0.25) is 0 Å². The van der Waals surface area contributed by atoms with E-state index in [1.807, 2.05) is 0 Å². The molecule has 0 spiro atoms. The molecular formula is C17H18FN3O4S. The van der Waals surface area contributed by atoms with Crippen LogP contribution >= 0.6 is 0 Å². The van der Waals surface area contributed by atoms with E-state index in [0.717, 1.165) is 6.07 Å². The van der Waals surface area contributed by atoms with Crippen LogP contribution in [0.1, 0.15) is 44.6 Å². The number of nitrogens with zero attached hydrogens (tertiary/aromatic N) is 2. The highest BCUT2D eigenvalue weighted by molar-refractivity contribution is 8.06. The van der Waals surface area contributed by atoms with Crippen molar-refractivity contribution < 1.29 is 22.2 Å². The van der Waals surface area contributed by atoms with Crippen molar-refractivity contribution >= 4 is 31.5 Å². The Morgan fingerprint density at radius 2 is 2.15 bits per heavy atom. The molecule has 0 aliphatic carbocycles. The third-order valence-corrected chi connectivity index (χ3v) is 6.08. The Hall–Kier alpha value is -2.60. The molecule has 0 saturated carbocycles. The van der Waals surface area contributed by atoms with Gasteiger partial charge in [0, 0.05) is 24.3 Å². The number of halogens is 1. The van der Waals surface area contributed by atoms with E-state index in [-0.39, 0.29) is 34.8 Å². The minimum absolute atomic E-state index is 0.0167. The molecule has 2 N–H and O–H groups in total. The van der Waals surface area contributed by atoms with Gasteiger partial charge >= 0.3 is 0 Å². The van der Waals surface area contributed by atoms with E-state index in [9.17, 15) is 12.8 Å². The summed E-state index contributed by atoms with van der Waals surface area (Å²) < 4.78 is 45.1. The second kappa shape index (κ2) is 6.29. The van der Waals surface area contributed by atoms with Gasteiger partial charge in [-0.1, -0.05) is 10.3 Å². The fourth-order valence-corrected chi connectivity index (χ4v) is 4.48. The number of fused-ring (bicyclic) bond motifs is 1. The largest absolute Gasteiger partial charge is 0.396 e. The number of sulfone groups is 1. The fourth-order valence-electron chi connectivity index (χ4n) is 2.70. The standard InChI is InChI=1S/C17H18FN3O4S/c1-4-5-6-14(26(22,23)15-9-17(2,3)25-20-15)16-10-7-12(19)11(18)8-13(10)24-21-16/h7-8,14H,6,9,19H2,1-3H3. The maximum atomic E-state index is 13.6. The molecule has 1 aliphatic rings. The molecule has 1 atom stereocenters. The van der Waals surface area contributed by atoms with Gasteiger partial charge < -0.3 is 15.1 Å². The highest BCUT2D eigenvalue weighted by Crippen LogP contribution is 2.37. The van der Waals surface area contributed by atoms with E-state index >= 15 is 0 Å². The van der Waals surface area contributed by atoms with Gasteiger partial charge in [-0.25, -0.2) is 12.8 Å². The van der Waals surface area contributed by atoms with Crippen LogP contribution in [0.5, 0.6) is 0 Å². The highest BCUT2D eigenvalue weighted by atomic mass is 32.2. The highest BCUT2D eigenvalue weighted by Gasteiger charge is 2.42. The maximum absolute atomic E-state index is 13.6. The molecule has 0 saturated heterocycles. The molecule has 0 radical (unpaired) electrons. The summed E-state index contributed by atoms with van der Waals surface area (Å²) in [7, 11) is -3.92. The zero-order valence-corrected chi connectivity index (χ0v) is 15.4.